The third-order valence-electron chi connectivity index (χ3n) is 21.4. The van der Waals surface area contributed by atoms with E-state index in [0.717, 1.165) is 0 Å². The summed E-state index contributed by atoms with van der Waals surface area (Å²) in [5, 5.41) is 0. The van der Waals surface area contributed by atoms with Crippen LogP contribution in [0.2, 0.25) is 0 Å². The van der Waals surface area contributed by atoms with E-state index in [-0.39, 0.29) is 199 Å². The molecule has 8 aromatic rings. The smallest absolute Gasteiger partial charge is 0.382 e. The molecular weight excluding hydrogens is 1910 g/mol. The molecule has 2 saturated carbocycles. The van der Waals surface area contributed by atoms with Crippen LogP contribution in [0.1, 0.15) is 44.5 Å². The number of hydrogen-bond donors (Lipinski definition) is 0. The van der Waals surface area contributed by atoms with Crippen molar-refractivity contribution < 1.29 is 153 Å². The summed E-state index contributed by atoms with van der Waals surface area (Å²) >= 11 is 0. The van der Waals surface area contributed by atoms with Gasteiger partial charge in [-0.3, -0.25) is 54.5 Å². The van der Waals surface area contributed by atoms with E-state index in [1.165, 1.54) is 40.9 Å². The Morgan fingerprint density at radius 2 is 0.438 bits per heavy atom. The standard InChI is InChI=1S/C97H135O33P7/c1-104-49-53-108-57-62-113-87-86(77-132(5,98)118-69-78-33-17-9-18-34-78)88(93(129-136(102,122-73-82-41-25-13-26-42-82)123-74-83-43-27-14-28-44-83)89(115-64-59-109-54-50-105-2)92(87)126-133(6,99)119-70-79-35-19-10-20-36-79)114-63-58-111-61-66-116-90-94(127-134(7,100)120-71-80-37-21-11-22-38-80)91(117-65-60-110-55-51-106-3)96(130-137(103,124-75-84-45-29-15-30-46-84)125-76-85-47-31-16-32-48-85)97(131-68-67-112-56-52-107-4)95(90)128-135(8,101)121-72-81-39-23-12-24-40-81/h9-48,86-97,131H,49-77H2,1-8H3/t86-,87-,88-,89-,90?,91+,92+,93-,94-,95+,96-,97-,132?,133?,134?,135?/m0/s1. The molecule has 0 radical (unpaired) electrons. The lowest BCUT2D eigenvalue weighted by Gasteiger charge is -2.50. The lowest BCUT2D eigenvalue weighted by Crippen LogP contribution is -2.65. The van der Waals surface area contributed by atoms with E-state index in [1.54, 1.807) is 160 Å². The van der Waals surface area contributed by atoms with Crippen LogP contribution >= 0.6 is 54.4 Å². The molecule has 0 heterocycles. The Labute approximate surface area is 808 Å². The number of rotatable bonds is 72. The predicted molar refractivity (Wildman–Crippen MR) is 519 cm³/mol. The van der Waals surface area contributed by atoms with Crippen molar-refractivity contribution in [2.75, 3.05) is 193 Å². The van der Waals surface area contributed by atoms with Crippen molar-refractivity contribution in [3.05, 3.63) is 287 Å². The summed E-state index contributed by atoms with van der Waals surface area (Å²) < 4.78 is 270. The van der Waals surface area contributed by atoms with Gasteiger partial charge in [-0.2, -0.15) is 0 Å². The molecule has 33 nitrogen and oxygen atoms in total. The molecule has 0 bridgehead atoms. The highest BCUT2D eigenvalue weighted by molar-refractivity contribution is 7.58. The first-order valence-electron chi connectivity index (χ1n) is 45.5. The molecule has 0 saturated heterocycles. The zero-order valence-corrected chi connectivity index (χ0v) is 85.6. The van der Waals surface area contributed by atoms with Crippen LogP contribution in [-0.4, -0.2) is 260 Å². The van der Waals surface area contributed by atoms with Gasteiger partial charge < -0.3 is 88.9 Å². The highest BCUT2D eigenvalue weighted by Gasteiger charge is 2.61. The number of benzene rings is 8. The second kappa shape index (κ2) is 62.2. The van der Waals surface area contributed by atoms with E-state index >= 15 is 27.4 Å². The Bertz CT molecular complexity index is 4690. The van der Waals surface area contributed by atoms with E-state index in [9.17, 15) is 0 Å². The van der Waals surface area contributed by atoms with Crippen molar-refractivity contribution in [1.29, 1.82) is 0 Å². The van der Waals surface area contributed by atoms with Crippen LogP contribution in [0, 0.1) is 5.92 Å². The maximum absolute atomic E-state index is 16.4. The quantitative estimate of drug-likeness (QED) is 0.0252. The lowest BCUT2D eigenvalue weighted by atomic mass is 9.79. The molecule has 10 rings (SSSR count). The van der Waals surface area contributed by atoms with Gasteiger partial charge in [-0.25, -0.2) is 9.13 Å². The molecule has 0 aliphatic heterocycles. The third-order valence-corrected chi connectivity index (χ3v) is 31.2. The van der Waals surface area contributed by atoms with Gasteiger partial charge in [0.15, 0.2) is 0 Å². The molecular formula is C97H135O33P7. The average molecular weight is 2050 g/mol. The molecule has 8 aromatic carbocycles. The summed E-state index contributed by atoms with van der Waals surface area (Å²) in [5.74, 6) is -1.25. The topological polar surface area (TPSA) is 352 Å². The third kappa shape index (κ3) is 42.0. The maximum atomic E-state index is 16.4. The lowest BCUT2D eigenvalue weighted by molar-refractivity contribution is -0.234. The van der Waals surface area contributed by atoms with E-state index in [2.05, 4.69) is 0 Å². The molecule has 2 fully saturated rings. The summed E-state index contributed by atoms with van der Waals surface area (Å²) in [6.07, 6.45) is -15.6. The summed E-state index contributed by atoms with van der Waals surface area (Å²) in [7, 11) is -21.2. The second-order valence-electron chi connectivity index (χ2n) is 32.2. The fourth-order valence-corrected chi connectivity index (χ4v) is 24.3. The monoisotopic (exact) mass is 2040 g/mol. The fourth-order valence-electron chi connectivity index (χ4n) is 14.7. The first-order chi connectivity index (χ1) is 66.5. The first-order valence-corrected chi connectivity index (χ1v) is 58.0. The van der Waals surface area contributed by atoms with Gasteiger partial charge in [-0.15, -0.1) is 8.58 Å². The van der Waals surface area contributed by atoms with Crippen molar-refractivity contribution in [3.8, 4) is 0 Å². The van der Waals surface area contributed by atoms with Crippen LogP contribution in [0.3, 0.4) is 0 Å². The molecule has 40 heteroatoms. The van der Waals surface area contributed by atoms with Crippen LogP contribution in [0.25, 0.3) is 0 Å². The summed E-state index contributed by atoms with van der Waals surface area (Å²) in [6, 6.07) is 72.3. The maximum Gasteiger partial charge on any atom is 0.475 e. The Hall–Kier alpha value is -5.51. The molecule has 2 aliphatic rings. The Balaban J connectivity index is 1.08. The van der Waals surface area contributed by atoms with Gasteiger partial charge in [0.25, 0.3) is 0 Å². The highest BCUT2D eigenvalue weighted by atomic mass is 31.2. The van der Waals surface area contributed by atoms with Crippen LogP contribution in [-0.2, 0) is 205 Å². The Morgan fingerprint density at radius 3 is 0.723 bits per heavy atom. The molecule has 17 atom stereocenters. The van der Waals surface area contributed by atoms with E-state index < -0.39 is 118 Å². The van der Waals surface area contributed by atoms with Crippen molar-refractivity contribution in [2.24, 2.45) is 5.92 Å². The van der Waals surface area contributed by atoms with E-state index in [1.807, 2.05) is 97.1 Å². The van der Waals surface area contributed by atoms with Crippen LogP contribution in [0.4, 0.5) is 0 Å². The summed E-state index contributed by atoms with van der Waals surface area (Å²) in [5.41, 5.74) is 3.99. The Morgan fingerprint density at radius 1 is 0.226 bits per heavy atom. The van der Waals surface area contributed by atoms with Gasteiger partial charge in [-0.1, -0.05) is 243 Å². The molecule has 0 spiro atoms. The van der Waals surface area contributed by atoms with Gasteiger partial charge in [0.2, 0.25) is 7.37 Å². The van der Waals surface area contributed by atoms with Gasteiger partial charge in [0.05, 0.1) is 191 Å². The molecule has 0 N–H and O–H groups in total. The average Bonchev–Trinajstić information content (AvgIpc) is 0.752. The predicted octanol–water partition coefficient (Wildman–Crippen LogP) is 18.5. The molecule has 0 aromatic heterocycles. The number of methoxy groups -OCH3 is 4. The van der Waals surface area contributed by atoms with Crippen molar-refractivity contribution in [3.63, 3.8) is 0 Å². The molecule has 756 valence electrons. The molecule has 137 heavy (non-hydrogen) atoms. The molecule has 2 aliphatic carbocycles. The van der Waals surface area contributed by atoms with Crippen molar-refractivity contribution >= 4 is 54.4 Å². The number of hydrogen-bond acceptors (Lipinski definition) is 33. The minimum absolute atomic E-state index is 0.0217. The minimum atomic E-state index is -5.01. The van der Waals surface area contributed by atoms with E-state index in [4.69, 9.17) is 125 Å². The highest BCUT2D eigenvalue weighted by Crippen LogP contribution is 2.62. The Kier molecular flexibility index (Phi) is 51.5. The molecule has 6 unspecified atom stereocenters. The first kappa shape index (κ1) is 113. The van der Waals surface area contributed by atoms with Crippen molar-refractivity contribution in [2.45, 2.75) is 120 Å². The number of phosphoric ester groups is 2. The van der Waals surface area contributed by atoms with Gasteiger partial charge in [0.1, 0.15) is 48.8 Å². The number of ether oxygens (including phenoxy) is 14. The fraction of sp³-hybridized carbons (Fsp3) is 0.505. The zero-order valence-electron chi connectivity index (χ0n) is 79.2. The second-order valence-corrected chi connectivity index (χ2v) is 45.7. The van der Waals surface area contributed by atoms with Gasteiger partial charge >= 0.3 is 38.4 Å². The SMILES string of the molecule is COCCOCCO[C@@H]1[C@@H](OP(=O)(OCc2ccccc2)OCc2ccccc2)[C@@H](OCCOCCOC2[C@@H](OP(C)(=O)OCc3ccccc3)[C@H](PCCOCCOC)[C@@H](OP(=O)(OCc3ccccc3)OCc3ccccc3)[C@H](OCCOCCOC)[C@H]2OP(C)(=O)OCc2ccccc2)[C@@H](CP(C)(=O)OCc2ccccc2)[C@H](OCCOCCOC)[C@H]1OP(C)(=O)OCc1ccccc1. The minimum Gasteiger partial charge on any atom is -0.382 e. The van der Waals surface area contributed by atoms with Gasteiger partial charge in [-0.05, 0) is 50.7 Å². The molecule has 0 amide bonds. The normalized spacial score (nSPS) is 21.7. The van der Waals surface area contributed by atoms with Crippen LogP contribution in [0.5, 0.6) is 0 Å². The summed E-state index contributed by atoms with van der Waals surface area (Å²) in [4.78, 5) is 0. The van der Waals surface area contributed by atoms with Crippen LogP contribution in [0.15, 0.2) is 243 Å². The van der Waals surface area contributed by atoms with Gasteiger partial charge in [0, 0.05) is 72.8 Å². The van der Waals surface area contributed by atoms with E-state index in [0.29, 0.717) is 44.5 Å². The van der Waals surface area contributed by atoms with Crippen LogP contribution < -0.4 is 0 Å². The number of phosphoric acid groups is 2. The van der Waals surface area contributed by atoms with Crippen molar-refractivity contribution in [1.82, 2.24) is 0 Å². The summed E-state index contributed by atoms with van der Waals surface area (Å²) in [6.45, 7) is 3.42. The zero-order chi connectivity index (χ0) is 97.1. The largest absolute Gasteiger partial charge is 0.475 e.